The third-order valence-electron chi connectivity index (χ3n) is 4.34. The van der Waals surface area contributed by atoms with E-state index in [1.807, 2.05) is 17.7 Å². The van der Waals surface area contributed by atoms with Crippen molar-refractivity contribution in [2.45, 2.75) is 35.8 Å². The Hall–Kier alpha value is -1.89. The second kappa shape index (κ2) is 6.70. The summed E-state index contributed by atoms with van der Waals surface area (Å²) in [5.74, 6) is 3.62. The Kier molecular flexibility index (Phi) is 4.66. The molecule has 0 unspecified atom stereocenters. The van der Waals surface area contributed by atoms with Crippen LogP contribution in [0.4, 0.5) is 0 Å². The van der Waals surface area contributed by atoms with E-state index in [9.17, 15) is 4.21 Å². The number of hydrogen-bond acceptors (Lipinski definition) is 5. The fraction of sp³-hybridized carbons (Fsp3) is 0.500. The number of hydrogen-bond donors (Lipinski definition) is 0. The summed E-state index contributed by atoms with van der Waals surface area (Å²) in [5.41, 5.74) is 0. The molecule has 0 saturated heterocycles. The Balaban J connectivity index is 1.86. The first kappa shape index (κ1) is 16.0. The summed E-state index contributed by atoms with van der Waals surface area (Å²) >= 11 is 0. The molecule has 0 bridgehead atoms. The summed E-state index contributed by atoms with van der Waals surface area (Å²) in [6.07, 6.45) is 3.57. The van der Waals surface area contributed by atoms with Gasteiger partial charge in [0.2, 0.25) is 0 Å². The first-order valence-corrected chi connectivity index (χ1v) is 8.95. The van der Waals surface area contributed by atoms with Crippen LogP contribution in [-0.2, 0) is 23.6 Å². The van der Waals surface area contributed by atoms with Gasteiger partial charge in [-0.1, -0.05) is 12.5 Å². The highest BCUT2D eigenvalue weighted by molar-refractivity contribution is 7.84. The standard InChI is InChI=1S/C16H21N3O3S/c1-19-14(17-18-16(19)11-6-4-7-11)10-23(20)15-12(21-2)8-5-9-13(15)22-3/h5,8-9,11H,4,6-7,10H2,1-3H3/t23-/m0/s1. The highest BCUT2D eigenvalue weighted by Gasteiger charge is 2.26. The lowest BCUT2D eigenvalue weighted by Crippen LogP contribution is -2.15. The fourth-order valence-corrected chi connectivity index (χ4v) is 4.14. The van der Waals surface area contributed by atoms with Crippen LogP contribution in [0.1, 0.15) is 36.8 Å². The van der Waals surface area contributed by atoms with Gasteiger partial charge in [0, 0.05) is 13.0 Å². The minimum Gasteiger partial charge on any atom is -0.495 e. The Morgan fingerprint density at radius 3 is 2.39 bits per heavy atom. The molecule has 0 spiro atoms. The van der Waals surface area contributed by atoms with Gasteiger partial charge in [-0.3, -0.25) is 4.21 Å². The topological polar surface area (TPSA) is 66.2 Å². The molecule has 1 aliphatic carbocycles. The van der Waals surface area contributed by atoms with Gasteiger partial charge in [-0.25, -0.2) is 0 Å². The number of rotatable bonds is 6. The van der Waals surface area contributed by atoms with E-state index >= 15 is 0 Å². The van der Waals surface area contributed by atoms with E-state index in [0.29, 0.717) is 22.3 Å². The maximum absolute atomic E-state index is 12.9. The molecule has 1 fully saturated rings. The van der Waals surface area contributed by atoms with Crippen molar-refractivity contribution in [2.24, 2.45) is 7.05 Å². The van der Waals surface area contributed by atoms with Crippen LogP contribution >= 0.6 is 0 Å². The van der Waals surface area contributed by atoms with Crippen LogP contribution in [0, 0.1) is 0 Å². The monoisotopic (exact) mass is 335 g/mol. The molecule has 1 aromatic heterocycles. The average molecular weight is 335 g/mol. The molecule has 1 aliphatic rings. The van der Waals surface area contributed by atoms with E-state index in [1.54, 1.807) is 26.4 Å². The molecule has 1 heterocycles. The zero-order valence-electron chi connectivity index (χ0n) is 13.6. The van der Waals surface area contributed by atoms with Gasteiger partial charge >= 0.3 is 0 Å². The first-order chi connectivity index (χ1) is 11.2. The zero-order valence-corrected chi connectivity index (χ0v) is 14.4. The lowest BCUT2D eigenvalue weighted by atomic mass is 9.85. The zero-order chi connectivity index (χ0) is 16.4. The summed E-state index contributed by atoms with van der Waals surface area (Å²) in [4.78, 5) is 0.561. The van der Waals surface area contributed by atoms with E-state index in [4.69, 9.17) is 9.47 Å². The Bertz CT molecular complexity index is 703. The molecule has 1 aromatic carbocycles. The van der Waals surface area contributed by atoms with E-state index in [2.05, 4.69) is 10.2 Å². The molecule has 7 heteroatoms. The lowest BCUT2D eigenvalue weighted by molar-refractivity contribution is 0.375. The van der Waals surface area contributed by atoms with Gasteiger partial charge in [0.25, 0.3) is 0 Å². The van der Waals surface area contributed by atoms with Crippen LogP contribution in [-0.4, -0.2) is 33.2 Å². The first-order valence-electron chi connectivity index (χ1n) is 7.63. The van der Waals surface area contributed by atoms with Gasteiger partial charge in [-0.05, 0) is 25.0 Å². The molecular formula is C16H21N3O3S. The number of methoxy groups -OCH3 is 2. The maximum atomic E-state index is 12.9. The van der Waals surface area contributed by atoms with E-state index < -0.39 is 10.8 Å². The van der Waals surface area contributed by atoms with Crippen molar-refractivity contribution in [3.63, 3.8) is 0 Å². The van der Waals surface area contributed by atoms with Crippen molar-refractivity contribution >= 4 is 10.8 Å². The van der Waals surface area contributed by atoms with Crippen LogP contribution in [0.15, 0.2) is 23.1 Å². The van der Waals surface area contributed by atoms with Gasteiger partial charge in [-0.2, -0.15) is 0 Å². The van der Waals surface area contributed by atoms with Crippen molar-refractivity contribution in [3.8, 4) is 11.5 Å². The van der Waals surface area contributed by atoms with Gasteiger partial charge in [-0.15, -0.1) is 10.2 Å². The molecule has 23 heavy (non-hydrogen) atoms. The molecule has 2 aromatic rings. The molecule has 0 N–H and O–H groups in total. The molecule has 1 atom stereocenters. The highest BCUT2D eigenvalue weighted by Crippen LogP contribution is 2.36. The van der Waals surface area contributed by atoms with Crippen molar-refractivity contribution in [1.29, 1.82) is 0 Å². The normalized spacial score (nSPS) is 16.0. The number of nitrogens with zero attached hydrogens (tertiary/aromatic N) is 3. The van der Waals surface area contributed by atoms with Crippen LogP contribution in [0.25, 0.3) is 0 Å². The van der Waals surface area contributed by atoms with E-state index in [-0.39, 0.29) is 5.75 Å². The third kappa shape index (κ3) is 2.97. The average Bonchev–Trinajstić information content (AvgIpc) is 2.86. The van der Waals surface area contributed by atoms with Crippen molar-refractivity contribution < 1.29 is 13.7 Å². The van der Waals surface area contributed by atoms with Crippen LogP contribution < -0.4 is 9.47 Å². The second-order valence-corrected chi connectivity index (χ2v) is 7.03. The Labute approximate surface area is 138 Å². The van der Waals surface area contributed by atoms with Gasteiger partial charge in [0.05, 0.1) is 30.8 Å². The minimum absolute atomic E-state index is 0.285. The largest absolute Gasteiger partial charge is 0.495 e. The van der Waals surface area contributed by atoms with Gasteiger partial charge < -0.3 is 14.0 Å². The van der Waals surface area contributed by atoms with Crippen LogP contribution in [0.3, 0.4) is 0 Å². The number of ether oxygens (including phenoxy) is 2. The molecular weight excluding hydrogens is 314 g/mol. The molecule has 0 amide bonds. The second-order valence-electron chi connectivity index (χ2n) is 5.64. The number of benzene rings is 1. The van der Waals surface area contributed by atoms with Gasteiger partial charge in [0.1, 0.15) is 28.0 Å². The Morgan fingerprint density at radius 1 is 1.22 bits per heavy atom. The smallest absolute Gasteiger partial charge is 0.145 e. The van der Waals surface area contributed by atoms with E-state index in [0.717, 1.165) is 24.5 Å². The summed E-state index contributed by atoms with van der Waals surface area (Å²) in [6.45, 7) is 0. The molecule has 3 rings (SSSR count). The predicted molar refractivity (Wildman–Crippen MR) is 87.3 cm³/mol. The number of aromatic nitrogens is 3. The molecule has 0 radical (unpaired) electrons. The summed E-state index contributed by atoms with van der Waals surface area (Å²) in [6, 6.07) is 5.38. The van der Waals surface area contributed by atoms with Crippen molar-refractivity contribution in [1.82, 2.24) is 14.8 Å². The van der Waals surface area contributed by atoms with Crippen molar-refractivity contribution in [2.75, 3.05) is 14.2 Å². The van der Waals surface area contributed by atoms with Crippen LogP contribution in [0.5, 0.6) is 11.5 Å². The molecule has 0 aliphatic heterocycles. The minimum atomic E-state index is -1.32. The quantitative estimate of drug-likeness (QED) is 0.811. The fourth-order valence-electron chi connectivity index (χ4n) is 2.75. The SMILES string of the molecule is COc1cccc(OC)c1[S@@](=O)Cc1nnc(C2CCC2)n1C. The maximum Gasteiger partial charge on any atom is 0.145 e. The molecule has 6 nitrogen and oxygen atoms in total. The third-order valence-corrected chi connectivity index (χ3v) is 5.72. The summed E-state index contributed by atoms with van der Waals surface area (Å²) in [7, 11) is 3.74. The molecule has 1 saturated carbocycles. The highest BCUT2D eigenvalue weighted by atomic mass is 32.2. The summed E-state index contributed by atoms with van der Waals surface area (Å²) < 4.78 is 25.5. The molecule has 124 valence electrons. The van der Waals surface area contributed by atoms with Crippen molar-refractivity contribution in [3.05, 3.63) is 29.8 Å². The summed E-state index contributed by atoms with van der Waals surface area (Å²) in [5, 5.41) is 8.52. The lowest BCUT2D eigenvalue weighted by Gasteiger charge is -2.24. The predicted octanol–water partition coefficient (Wildman–Crippen LogP) is 2.41. The van der Waals surface area contributed by atoms with E-state index in [1.165, 1.54) is 6.42 Å². The Morgan fingerprint density at radius 2 is 1.87 bits per heavy atom. The van der Waals surface area contributed by atoms with Crippen LogP contribution in [0.2, 0.25) is 0 Å². The van der Waals surface area contributed by atoms with Gasteiger partial charge in [0.15, 0.2) is 0 Å².